The summed E-state index contributed by atoms with van der Waals surface area (Å²) in [5, 5.41) is 11.8. The first kappa shape index (κ1) is 16.3. The van der Waals surface area contributed by atoms with Crippen molar-refractivity contribution in [2.75, 3.05) is 13.2 Å². The number of aromatic nitrogens is 1. The number of ether oxygens (including phenoxy) is 1. The van der Waals surface area contributed by atoms with Crippen LogP contribution in [0.2, 0.25) is 0 Å². The second-order valence-corrected chi connectivity index (χ2v) is 5.60. The van der Waals surface area contributed by atoms with Crippen LogP contribution in [-0.4, -0.2) is 29.7 Å². The number of nitriles is 1. The maximum atomic E-state index is 11.8. The summed E-state index contributed by atoms with van der Waals surface area (Å²) >= 11 is 0. The van der Waals surface area contributed by atoms with Crippen molar-refractivity contribution in [2.45, 2.75) is 46.3 Å². The first-order chi connectivity index (χ1) is 10.6. The third-order valence-electron chi connectivity index (χ3n) is 4.03. The normalized spacial score (nSPS) is 18.3. The monoisotopic (exact) mass is 301 g/mol. The average molecular weight is 301 g/mol. The maximum absolute atomic E-state index is 11.8. The molecule has 1 saturated heterocycles. The highest BCUT2D eigenvalue weighted by atomic mass is 16.5. The zero-order valence-electron chi connectivity index (χ0n) is 13.5. The molecule has 0 aromatic carbocycles. The van der Waals surface area contributed by atoms with E-state index >= 15 is 0 Å². The number of amides is 1. The number of carbonyl (C=O) groups is 1. The smallest absolute Gasteiger partial charge is 0.261 e. The standard InChI is InChI=1S/C17H23N3O2/c1-4-19-17(21)15(10-18)9-14-8-12(2)20(13(14)3)11-16-6-5-7-22-16/h8-9,16H,4-7,11H2,1-3H3,(H,19,21)/b15-9-. The Morgan fingerprint density at radius 1 is 1.59 bits per heavy atom. The molecule has 118 valence electrons. The van der Waals surface area contributed by atoms with Gasteiger partial charge in [-0.3, -0.25) is 4.79 Å². The van der Waals surface area contributed by atoms with Crippen molar-refractivity contribution >= 4 is 12.0 Å². The molecule has 1 aromatic rings. The Bertz CT molecular complexity index is 617. The van der Waals surface area contributed by atoms with Crippen molar-refractivity contribution < 1.29 is 9.53 Å². The van der Waals surface area contributed by atoms with Crippen molar-refractivity contribution in [1.82, 2.24) is 9.88 Å². The topological polar surface area (TPSA) is 67.0 Å². The SMILES string of the molecule is CCNC(=O)/C(C#N)=C\c1cc(C)n(CC2CCCO2)c1C. The van der Waals surface area contributed by atoms with Crippen LogP contribution in [0.5, 0.6) is 0 Å². The molecule has 0 aliphatic carbocycles. The number of nitrogens with zero attached hydrogens (tertiary/aromatic N) is 2. The Hall–Kier alpha value is -2.06. The van der Waals surface area contributed by atoms with Crippen LogP contribution in [-0.2, 0) is 16.1 Å². The van der Waals surface area contributed by atoms with Crippen LogP contribution >= 0.6 is 0 Å². The van der Waals surface area contributed by atoms with Gasteiger partial charge in [0.05, 0.1) is 6.10 Å². The Kier molecular flexibility index (Phi) is 5.40. The lowest BCUT2D eigenvalue weighted by Crippen LogP contribution is -2.23. The minimum absolute atomic E-state index is 0.138. The fourth-order valence-corrected chi connectivity index (χ4v) is 2.81. The third-order valence-corrected chi connectivity index (χ3v) is 4.03. The van der Waals surface area contributed by atoms with E-state index < -0.39 is 0 Å². The van der Waals surface area contributed by atoms with Crippen LogP contribution in [0.15, 0.2) is 11.6 Å². The number of aryl methyl sites for hydroxylation is 1. The van der Waals surface area contributed by atoms with E-state index in [4.69, 9.17) is 4.74 Å². The van der Waals surface area contributed by atoms with E-state index in [9.17, 15) is 10.1 Å². The quantitative estimate of drug-likeness (QED) is 0.670. The second kappa shape index (κ2) is 7.28. The van der Waals surface area contributed by atoms with Gasteiger partial charge in [0.2, 0.25) is 0 Å². The molecule has 1 fully saturated rings. The van der Waals surface area contributed by atoms with Gasteiger partial charge in [-0.1, -0.05) is 0 Å². The summed E-state index contributed by atoms with van der Waals surface area (Å²) < 4.78 is 7.90. The highest BCUT2D eigenvalue weighted by Gasteiger charge is 2.19. The van der Waals surface area contributed by atoms with Crippen LogP contribution in [0.25, 0.3) is 6.08 Å². The van der Waals surface area contributed by atoms with E-state index in [-0.39, 0.29) is 17.6 Å². The molecule has 1 aliphatic heterocycles. The van der Waals surface area contributed by atoms with Gasteiger partial charge in [-0.05, 0) is 51.3 Å². The molecular formula is C17H23N3O2. The van der Waals surface area contributed by atoms with Crippen molar-refractivity contribution in [2.24, 2.45) is 0 Å². The fourth-order valence-electron chi connectivity index (χ4n) is 2.81. The lowest BCUT2D eigenvalue weighted by Gasteiger charge is -2.14. The van der Waals surface area contributed by atoms with Crippen LogP contribution in [0.4, 0.5) is 0 Å². The summed E-state index contributed by atoms with van der Waals surface area (Å²) in [7, 11) is 0. The van der Waals surface area contributed by atoms with Crippen LogP contribution < -0.4 is 5.32 Å². The van der Waals surface area contributed by atoms with Gasteiger partial charge in [-0.2, -0.15) is 5.26 Å². The first-order valence-corrected chi connectivity index (χ1v) is 7.75. The van der Waals surface area contributed by atoms with Gasteiger partial charge < -0.3 is 14.6 Å². The van der Waals surface area contributed by atoms with Gasteiger partial charge in [0, 0.05) is 31.1 Å². The molecule has 0 spiro atoms. The van der Waals surface area contributed by atoms with Crippen LogP contribution in [0.1, 0.15) is 36.7 Å². The number of rotatable bonds is 5. The molecule has 1 unspecified atom stereocenters. The van der Waals surface area contributed by atoms with E-state index in [1.54, 1.807) is 6.08 Å². The summed E-state index contributed by atoms with van der Waals surface area (Å²) in [6.07, 6.45) is 4.14. The predicted octanol–water partition coefficient (Wildman–Crippen LogP) is 2.33. The average Bonchev–Trinajstić information content (AvgIpc) is 3.09. The van der Waals surface area contributed by atoms with Crippen molar-refractivity contribution in [3.63, 3.8) is 0 Å². The number of likely N-dealkylation sites (N-methyl/N-ethyl adjacent to an activating group) is 1. The summed E-state index contributed by atoms with van der Waals surface area (Å²) in [5.41, 5.74) is 3.23. The molecule has 1 N–H and O–H groups in total. The minimum atomic E-state index is -0.325. The van der Waals surface area contributed by atoms with E-state index in [0.717, 1.165) is 42.9 Å². The van der Waals surface area contributed by atoms with E-state index in [2.05, 4.69) is 9.88 Å². The van der Waals surface area contributed by atoms with E-state index in [0.29, 0.717) is 6.54 Å². The number of nitrogens with one attached hydrogen (secondary N) is 1. The molecule has 5 nitrogen and oxygen atoms in total. The van der Waals surface area contributed by atoms with Gasteiger partial charge in [0.15, 0.2) is 0 Å². The highest BCUT2D eigenvalue weighted by molar-refractivity contribution is 6.01. The Morgan fingerprint density at radius 3 is 2.95 bits per heavy atom. The molecule has 0 radical (unpaired) electrons. The molecule has 1 aliphatic rings. The van der Waals surface area contributed by atoms with Gasteiger partial charge in [0.25, 0.3) is 5.91 Å². The predicted molar refractivity (Wildman–Crippen MR) is 85.2 cm³/mol. The molecule has 0 saturated carbocycles. The van der Waals surface area contributed by atoms with Crippen LogP contribution in [0.3, 0.4) is 0 Å². The lowest BCUT2D eigenvalue weighted by molar-refractivity contribution is -0.116. The summed E-state index contributed by atoms with van der Waals surface area (Å²) in [5.74, 6) is -0.325. The van der Waals surface area contributed by atoms with E-state index in [1.165, 1.54) is 0 Å². The zero-order chi connectivity index (χ0) is 16.1. The molecule has 22 heavy (non-hydrogen) atoms. The first-order valence-electron chi connectivity index (χ1n) is 7.75. The van der Waals surface area contributed by atoms with Crippen molar-refractivity contribution in [3.05, 3.63) is 28.6 Å². The lowest BCUT2D eigenvalue weighted by atomic mass is 10.1. The van der Waals surface area contributed by atoms with Gasteiger partial charge in [-0.15, -0.1) is 0 Å². The Morgan fingerprint density at radius 2 is 2.36 bits per heavy atom. The second-order valence-electron chi connectivity index (χ2n) is 5.60. The maximum Gasteiger partial charge on any atom is 0.261 e. The van der Waals surface area contributed by atoms with Gasteiger partial charge in [0.1, 0.15) is 11.6 Å². The summed E-state index contributed by atoms with van der Waals surface area (Å²) in [4.78, 5) is 11.8. The molecule has 2 rings (SSSR count). The van der Waals surface area contributed by atoms with Crippen molar-refractivity contribution in [3.8, 4) is 6.07 Å². The fraction of sp³-hybridized carbons (Fsp3) is 0.529. The molecule has 2 heterocycles. The highest BCUT2D eigenvalue weighted by Crippen LogP contribution is 2.22. The zero-order valence-corrected chi connectivity index (χ0v) is 13.5. The molecule has 1 aromatic heterocycles. The Labute approximate surface area is 131 Å². The number of carbonyl (C=O) groups excluding carboxylic acids is 1. The molecule has 1 amide bonds. The van der Waals surface area contributed by atoms with E-state index in [1.807, 2.05) is 32.9 Å². The number of hydrogen-bond acceptors (Lipinski definition) is 3. The summed E-state index contributed by atoms with van der Waals surface area (Å²) in [6, 6.07) is 3.99. The largest absolute Gasteiger partial charge is 0.376 e. The molecular weight excluding hydrogens is 278 g/mol. The number of hydrogen-bond donors (Lipinski definition) is 1. The van der Waals surface area contributed by atoms with Crippen molar-refractivity contribution in [1.29, 1.82) is 5.26 Å². The van der Waals surface area contributed by atoms with Gasteiger partial charge >= 0.3 is 0 Å². The third kappa shape index (κ3) is 3.58. The molecule has 0 bridgehead atoms. The summed E-state index contributed by atoms with van der Waals surface area (Å²) in [6.45, 7) is 8.06. The van der Waals surface area contributed by atoms with Crippen LogP contribution in [0, 0.1) is 25.2 Å². The molecule has 5 heteroatoms. The van der Waals surface area contributed by atoms with Gasteiger partial charge in [-0.25, -0.2) is 0 Å². The Balaban J connectivity index is 2.24. The molecule has 1 atom stereocenters. The minimum Gasteiger partial charge on any atom is -0.376 e.